The Hall–Kier alpha value is -1.88. The second-order valence-corrected chi connectivity index (χ2v) is 5.63. The molecule has 3 rings (SSSR count). The summed E-state index contributed by atoms with van der Waals surface area (Å²) in [7, 11) is 0. The number of nitrogens with zero attached hydrogens (tertiary/aromatic N) is 3. The Morgan fingerprint density at radius 1 is 1.10 bits per heavy atom. The van der Waals surface area contributed by atoms with Crippen LogP contribution in [0.5, 0.6) is 0 Å². The van der Waals surface area contributed by atoms with E-state index in [0.717, 1.165) is 13.1 Å². The van der Waals surface area contributed by atoms with E-state index in [0.29, 0.717) is 18.3 Å². The molecule has 1 atom stereocenters. The molecule has 1 unspecified atom stereocenters. The average Bonchev–Trinajstić information content (AvgIpc) is 2.85. The van der Waals surface area contributed by atoms with E-state index in [2.05, 4.69) is 27.2 Å². The minimum absolute atomic E-state index is 0.249. The van der Waals surface area contributed by atoms with Crippen LogP contribution in [-0.4, -0.2) is 23.2 Å². The molecule has 1 aliphatic rings. The lowest BCUT2D eigenvalue weighted by molar-refractivity contribution is 0.353. The number of nitrogens with two attached hydrogens (primary N) is 1. The Morgan fingerprint density at radius 2 is 1.81 bits per heavy atom. The quantitative estimate of drug-likeness (QED) is 0.936. The topological polar surface area (TPSA) is 68.2 Å². The fraction of sp³-hybridized carbons (Fsp3) is 0.500. The predicted octanol–water partition coefficient (Wildman–Crippen LogP) is 2.69. The third-order valence-corrected chi connectivity index (χ3v) is 3.94. The van der Waals surface area contributed by atoms with Crippen LogP contribution in [0.1, 0.15) is 43.2 Å². The Kier molecular flexibility index (Phi) is 4.50. The average molecular weight is 286 g/mol. The largest absolute Gasteiger partial charge is 0.338 e. The molecule has 1 aromatic carbocycles. The van der Waals surface area contributed by atoms with Gasteiger partial charge in [-0.2, -0.15) is 4.98 Å². The maximum atomic E-state index is 6.19. The Bertz CT molecular complexity index is 546. The number of hydrogen-bond donors (Lipinski definition) is 1. The second kappa shape index (κ2) is 6.72. The Morgan fingerprint density at radius 3 is 2.52 bits per heavy atom. The maximum absolute atomic E-state index is 6.19. The van der Waals surface area contributed by atoms with Crippen molar-refractivity contribution in [3.8, 4) is 0 Å². The van der Waals surface area contributed by atoms with Crippen LogP contribution in [0.15, 0.2) is 34.9 Å². The van der Waals surface area contributed by atoms with Crippen LogP contribution in [0.25, 0.3) is 0 Å². The molecule has 5 heteroatoms. The van der Waals surface area contributed by atoms with E-state index < -0.39 is 0 Å². The van der Waals surface area contributed by atoms with Gasteiger partial charge in [0.2, 0.25) is 5.89 Å². The number of aromatic nitrogens is 2. The fourth-order valence-corrected chi connectivity index (χ4v) is 2.73. The molecule has 0 amide bonds. The van der Waals surface area contributed by atoms with Crippen LogP contribution in [0.4, 0.5) is 5.95 Å². The van der Waals surface area contributed by atoms with Crippen molar-refractivity contribution in [1.82, 2.24) is 10.1 Å². The smallest absolute Gasteiger partial charge is 0.266 e. The summed E-state index contributed by atoms with van der Waals surface area (Å²) in [6.45, 7) is 2.01. The zero-order valence-corrected chi connectivity index (χ0v) is 12.2. The van der Waals surface area contributed by atoms with Crippen molar-refractivity contribution in [3.05, 3.63) is 41.8 Å². The predicted molar refractivity (Wildman–Crippen MR) is 82.1 cm³/mol. The molecule has 5 nitrogen and oxygen atoms in total. The van der Waals surface area contributed by atoms with Gasteiger partial charge in [-0.1, -0.05) is 43.2 Å². The van der Waals surface area contributed by atoms with E-state index in [9.17, 15) is 0 Å². The van der Waals surface area contributed by atoms with Gasteiger partial charge in [0, 0.05) is 13.1 Å². The summed E-state index contributed by atoms with van der Waals surface area (Å²) in [6.07, 6.45) is 5.67. The van der Waals surface area contributed by atoms with E-state index in [1.807, 2.05) is 18.2 Å². The summed E-state index contributed by atoms with van der Waals surface area (Å²) in [5, 5.41) is 4.10. The van der Waals surface area contributed by atoms with Crippen LogP contribution < -0.4 is 10.6 Å². The highest BCUT2D eigenvalue weighted by Gasteiger charge is 2.19. The molecule has 0 saturated carbocycles. The van der Waals surface area contributed by atoms with Crippen LogP contribution >= 0.6 is 0 Å². The maximum Gasteiger partial charge on any atom is 0.266 e. The normalized spacial score (nSPS) is 17.5. The molecule has 1 fully saturated rings. The van der Waals surface area contributed by atoms with Gasteiger partial charge in [-0.15, -0.1) is 0 Å². The van der Waals surface area contributed by atoms with Gasteiger partial charge in [-0.05, 0) is 30.0 Å². The standard InChI is InChI=1S/C16H22N4O/c17-14(12-13-8-4-3-5-9-13)15-18-16(19-21-15)20-10-6-1-2-7-11-20/h3-5,8-9,14H,1-2,6-7,10-12,17H2. The van der Waals surface area contributed by atoms with Crippen molar-refractivity contribution in [1.29, 1.82) is 0 Å². The van der Waals surface area contributed by atoms with E-state index >= 15 is 0 Å². The molecule has 21 heavy (non-hydrogen) atoms. The molecule has 0 bridgehead atoms. The third-order valence-electron chi connectivity index (χ3n) is 3.94. The number of anilines is 1. The van der Waals surface area contributed by atoms with Gasteiger partial charge in [0.25, 0.3) is 5.95 Å². The van der Waals surface area contributed by atoms with Gasteiger partial charge in [0.05, 0.1) is 6.04 Å². The fourth-order valence-electron chi connectivity index (χ4n) is 2.73. The second-order valence-electron chi connectivity index (χ2n) is 5.63. The summed E-state index contributed by atoms with van der Waals surface area (Å²) < 4.78 is 5.36. The van der Waals surface area contributed by atoms with E-state index in [4.69, 9.17) is 10.3 Å². The zero-order valence-electron chi connectivity index (χ0n) is 12.2. The van der Waals surface area contributed by atoms with E-state index in [-0.39, 0.29) is 6.04 Å². The number of hydrogen-bond acceptors (Lipinski definition) is 5. The molecule has 0 aliphatic carbocycles. The molecule has 0 radical (unpaired) electrons. The third kappa shape index (κ3) is 3.61. The monoisotopic (exact) mass is 286 g/mol. The minimum atomic E-state index is -0.249. The molecule has 1 aromatic heterocycles. The first-order chi connectivity index (χ1) is 10.3. The molecule has 0 spiro atoms. The molecule has 112 valence electrons. The lowest BCUT2D eigenvalue weighted by atomic mass is 10.1. The van der Waals surface area contributed by atoms with Crippen molar-refractivity contribution in [2.75, 3.05) is 18.0 Å². The van der Waals surface area contributed by atoms with Crippen molar-refractivity contribution in [2.24, 2.45) is 5.73 Å². The summed E-state index contributed by atoms with van der Waals surface area (Å²) >= 11 is 0. The Balaban J connectivity index is 1.66. The molecule has 2 aromatic rings. The lowest BCUT2D eigenvalue weighted by Gasteiger charge is -2.16. The van der Waals surface area contributed by atoms with Crippen LogP contribution in [-0.2, 0) is 6.42 Å². The van der Waals surface area contributed by atoms with Crippen molar-refractivity contribution in [2.45, 2.75) is 38.1 Å². The van der Waals surface area contributed by atoms with Crippen molar-refractivity contribution >= 4 is 5.95 Å². The van der Waals surface area contributed by atoms with Gasteiger partial charge in [0.1, 0.15) is 0 Å². The molecule has 1 aliphatic heterocycles. The molecule has 2 heterocycles. The van der Waals surface area contributed by atoms with Gasteiger partial charge in [-0.25, -0.2) is 0 Å². The minimum Gasteiger partial charge on any atom is -0.338 e. The molecular weight excluding hydrogens is 264 g/mol. The summed E-state index contributed by atoms with van der Waals surface area (Å²) in [4.78, 5) is 6.70. The first-order valence-electron chi connectivity index (χ1n) is 7.71. The highest BCUT2D eigenvalue weighted by Crippen LogP contribution is 2.20. The Labute approximate surface area is 125 Å². The highest BCUT2D eigenvalue weighted by atomic mass is 16.5. The zero-order chi connectivity index (χ0) is 14.5. The summed E-state index contributed by atoms with van der Waals surface area (Å²) in [5.41, 5.74) is 7.37. The van der Waals surface area contributed by atoms with E-state index in [1.54, 1.807) is 0 Å². The van der Waals surface area contributed by atoms with Gasteiger partial charge in [0.15, 0.2) is 0 Å². The van der Waals surface area contributed by atoms with Gasteiger partial charge in [-0.3, -0.25) is 0 Å². The first-order valence-corrected chi connectivity index (χ1v) is 7.71. The summed E-state index contributed by atoms with van der Waals surface area (Å²) in [6, 6.07) is 9.90. The SMILES string of the molecule is NC(Cc1ccccc1)c1nc(N2CCCCCC2)no1. The van der Waals surface area contributed by atoms with Crippen LogP contribution in [0, 0.1) is 0 Å². The molecular formula is C16H22N4O. The van der Waals surface area contributed by atoms with Gasteiger partial charge < -0.3 is 15.2 Å². The first kappa shape index (κ1) is 14.1. The van der Waals surface area contributed by atoms with E-state index in [1.165, 1.54) is 31.2 Å². The van der Waals surface area contributed by atoms with Crippen LogP contribution in [0.2, 0.25) is 0 Å². The highest BCUT2D eigenvalue weighted by molar-refractivity contribution is 5.28. The van der Waals surface area contributed by atoms with Crippen molar-refractivity contribution < 1.29 is 4.52 Å². The van der Waals surface area contributed by atoms with Crippen LogP contribution in [0.3, 0.4) is 0 Å². The lowest BCUT2D eigenvalue weighted by Crippen LogP contribution is -2.25. The van der Waals surface area contributed by atoms with Gasteiger partial charge >= 0.3 is 0 Å². The van der Waals surface area contributed by atoms with Crippen molar-refractivity contribution in [3.63, 3.8) is 0 Å². The molecule has 1 saturated heterocycles. The number of benzene rings is 1. The number of rotatable bonds is 4. The summed E-state index contributed by atoms with van der Waals surface area (Å²) in [5.74, 6) is 1.22. The molecule has 2 N–H and O–H groups in total.